The molecule has 0 N–H and O–H groups in total. The van der Waals surface area contributed by atoms with E-state index in [1.165, 1.54) is 0 Å². The third kappa shape index (κ3) is 1.37. The largest absolute Gasteiger partial charge is 0.302 e. The number of aryl methyl sites for hydroxylation is 1. The summed E-state index contributed by atoms with van der Waals surface area (Å²) in [4.78, 5) is 18.1. The maximum atomic E-state index is 11.6. The van der Waals surface area contributed by atoms with Gasteiger partial charge in [-0.1, -0.05) is 0 Å². The van der Waals surface area contributed by atoms with Gasteiger partial charge in [0.2, 0.25) is 0 Å². The van der Waals surface area contributed by atoms with Gasteiger partial charge in [0.15, 0.2) is 0 Å². The summed E-state index contributed by atoms with van der Waals surface area (Å²) in [5.74, 6) is 0. The molecule has 0 fully saturated rings. The SMILES string of the molecule is CN1CCc2c(ncn(C)c2=O)C1. The summed E-state index contributed by atoms with van der Waals surface area (Å²) >= 11 is 0. The molecule has 1 aliphatic heterocycles. The number of hydrogen-bond donors (Lipinski definition) is 0. The van der Waals surface area contributed by atoms with Crippen molar-refractivity contribution in [2.75, 3.05) is 13.6 Å². The van der Waals surface area contributed by atoms with Gasteiger partial charge in [0.1, 0.15) is 0 Å². The van der Waals surface area contributed by atoms with Crippen LogP contribution in [0.1, 0.15) is 11.3 Å². The van der Waals surface area contributed by atoms with Crippen LogP contribution in [-0.4, -0.2) is 28.0 Å². The Morgan fingerprint density at radius 2 is 2.23 bits per heavy atom. The fourth-order valence-electron chi connectivity index (χ4n) is 1.65. The van der Waals surface area contributed by atoms with Crippen LogP contribution in [0.3, 0.4) is 0 Å². The Hall–Kier alpha value is -1.16. The molecule has 0 saturated heterocycles. The van der Waals surface area contributed by atoms with Crippen molar-refractivity contribution in [3.63, 3.8) is 0 Å². The zero-order valence-electron chi connectivity index (χ0n) is 7.95. The Morgan fingerprint density at radius 3 is 3.00 bits per heavy atom. The third-order valence-corrected chi connectivity index (χ3v) is 2.48. The van der Waals surface area contributed by atoms with E-state index in [4.69, 9.17) is 0 Å². The zero-order valence-corrected chi connectivity index (χ0v) is 7.95. The lowest BCUT2D eigenvalue weighted by Gasteiger charge is -2.23. The minimum absolute atomic E-state index is 0.109. The number of fused-ring (bicyclic) bond motifs is 1. The third-order valence-electron chi connectivity index (χ3n) is 2.48. The maximum Gasteiger partial charge on any atom is 0.256 e. The molecule has 0 unspecified atom stereocenters. The number of nitrogens with zero attached hydrogens (tertiary/aromatic N) is 3. The van der Waals surface area contributed by atoms with Crippen molar-refractivity contribution < 1.29 is 0 Å². The number of aromatic nitrogens is 2. The standard InChI is InChI=1S/C9H13N3O/c1-11-4-3-7-8(5-11)10-6-12(2)9(7)13/h6H,3-5H2,1-2H3. The van der Waals surface area contributed by atoms with Crippen molar-refractivity contribution in [2.45, 2.75) is 13.0 Å². The van der Waals surface area contributed by atoms with E-state index in [0.29, 0.717) is 0 Å². The summed E-state index contributed by atoms with van der Waals surface area (Å²) in [6, 6.07) is 0. The Morgan fingerprint density at radius 1 is 1.46 bits per heavy atom. The van der Waals surface area contributed by atoms with E-state index in [-0.39, 0.29) is 5.56 Å². The Balaban J connectivity index is 2.53. The van der Waals surface area contributed by atoms with Crippen molar-refractivity contribution in [3.8, 4) is 0 Å². The molecular formula is C9H13N3O. The highest BCUT2D eigenvalue weighted by Crippen LogP contribution is 2.10. The molecule has 0 aromatic carbocycles. The molecule has 0 aliphatic carbocycles. The lowest BCUT2D eigenvalue weighted by atomic mass is 10.1. The van der Waals surface area contributed by atoms with Gasteiger partial charge in [0.05, 0.1) is 12.0 Å². The normalized spacial score (nSPS) is 17.1. The zero-order chi connectivity index (χ0) is 9.42. The first-order chi connectivity index (χ1) is 6.18. The molecule has 0 saturated carbocycles. The molecule has 4 heteroatoms. The average Bonchev–Trinajstić information content (AvgIpc) is 2.12. The number of rotatable bonds is 0. The fourth-order valence-corrected chi connectivity index (χ4v) is 1.65. The van der Waals surface area contributed by atoms with Gasteiger partial charge in [-0.05, 0) is 13.5 Å². The van der Waals surface area contributed by atoms with Crippen molar-refractivity contribution in [2.24, 2.45) is 7.05 Å². The van der Waals surface area contributed by atoms with Gasteiger partial charge in [-0.15, -0.1) is 0 Å². The van der Waals surface area contributed by atoms with Crippen LogP contribution in [0.5, 0.6) is 0 Å². The second-order valence-electron chi connectivity index (χ2n) is 3.57. The van der Waals surface area contributed by atoms with Crippen molar-refractivity contribution >= 4 is 0 Å². The van der Waals surface area contributed by atoms with Crippen LogP contribution in [-0.2, 0) is 20.0 Å². The summed E-state index contributed by atoms with van der Waals surface area (Å²) in [5, 5.41) is 0. The van der Waals surface area contributed by atoms with Gasteiger partial charge in [-0.2, -0.15) is 0 Å². The van der Waals surface area contributed by atoms with Gasteiger partial charge in [-0.3, -0.25) is 4.79 Å². The maximum absolute atomic E-state index is 11.6. The van der Waals surface area contributed by atoms with E-state index < -0.39 is 0 Å². The highest BCUT2D eigenvalue weighted by molar-refractivity contribution is 5.19. The van der Waals surface area contributed by atoms with E-state index in [1.54, 1.807) is 17.9 Å². The van der Waals surface area contributed by atoms with Crippen molar-refractivity contribution in [1.29, 1.82) is 0 Å². The van der Waals surface area contributed by atoms with Gasteiger partial charge < -0.3 is 9.47 Å². The van der Waals surface area contributed by atoms with Gasteiger partial charge in [-0.25, -0.2) is 4.98 Å². The summed E-state index contributed by atoms with van der Waals surface area (Å²) in [7, 11) is 3.79. The summed E-state index contributed by atoms with van der Waals surface area (Å²) < 4.78 is 1.55. The molecule has 4 nitrogen and oxygen atoms in total. The van der Waals surface area contributed by atoms with Crippen molar-refractivity contribution in [3.05, 3.63) is 27.9 Å². The van der Waals surface area contributed by atoms with Gasteiger partial charge in [0, 0.05) is 25.7 Å². The predicted octanol–water partition coefficient (Wildman–Crippen LogP) is -0.232. The van der Waals surface area contributed by atoms with Crippen molar-refractivity contribution in [1.82, 2.24) is 14.5 Å². The van der Waals surface area contributed by atoms with Crippen LogP contribution in [0.15, 0.2) is 11.1 Å². The highest BCUT2D eigenvalue weighted by atomic mass is 16.1. The fraction of sp³-hybridized carbons (Fsp3) is 0.556. The molecule has 2 heterocycles. The second-order valence-corrected chi connectivity index (χ2v) is 3.57. The topological polar surface area (TPSA) is 38.1 Å². The molecular weight excluding hydrogens is 166 g/mol. The van der Waals surface area contributed by atoms with Crippen LogP contribution in [0.25, 0.3) is 0 Å². The number of likely N-dealkylation sites (N-methyl/N-ethyl adjacent to an activating group) is 1. The van der Waals surface area contributed by atoms with Gasteiger partial charge in [0.25, 0.3) is 5.56 Å². The molecule has 1 aromatic heterocycles. The number of hydrogen-bond acceptors (Lipinski definition) is 3. The quantitative estimate of drug-likeness (QED) is 0.552. The first kappa shape index (κ1) is 8.44. The summed E-state index contributed by atoms with van der Waals surface area (Å²) in [6.45, 7) is 1.75. The molecule has 0 spiro atoms. The van der Waals surface area contributed by atoms with Crippen LogP contribution in [0.2, 0.25) is 0 Å². The molecule has 0 amide bonds. The van der Waals surface area contributed by atoms with E-state index in [2.05, 4.69) is 9.88 Å². The van der Waals surface area contributed by atoms with Crippen LogP contribution < -0.4 is 5.56 Å². The lowest BCUT2D eigenvalue weighted by Crippen LogP contribution is -2.34. The molecule has 1 aliphatic rings. The molecule has 70 valence electrons. The Bertz CT molecular complexity index is 383. The smallest absolute Gasteiger partial charge is 0.256 e. The predicted molar refractivity (Wildman–Crippen MR) is 49.5 cm³/mol. The molecule has 0 bridgehead atoms. The Kier molecular flexibility index (Phi) is 1.92. The minimum atomic E-state index is 0.109. The molecule has 1 aromatic rings. The van der Waals surface area contributed by atoms with E-state index >= 15 is 0 Å². The molecule has 0 radical (unpaired) electrons. The highest BCUT2D eigenvalue weighted by Gasteiger charge is 2.17. The molecule has 0 atom stereocenters. The van der Waals surface area contributed by atoms with Crippen LogP contribution in [0, 0.1) is 0 Å². The van der Waals surface area contributed by atoms with Crippen LogP contribution in [0.4, 0.5) is 0 Å². The van der Waals surface area contributed by atoms with E-state index in [9.17, 15) is 4.79 Å². The first-order valence-electron chi connectivity index (χ1n) is 4.40. The monoisotopic (exact) mass is 179 g/mol. The first-order valence-corrected chi connectivity index (χ1v) is 4.40. The van der Waals surface area contributed by atoms with Crippen LogP contribution >= 0.6 is 0 Å². The molecule has 2 rings (SSSR count). The summed E-state index contributed by atoms with van der Waals surface area (Å²) in [6.07, 6.45) is 2.42. The minimum Gasteiger partial charge on any atom is -0.302 e. The van der Waals surface area contributed by atoms with Gasteiger partial charge >= 0.3 is 0 Å². The Labute approximate surface area is 76.8 Å². The molecule has 13 heavy (non-hydrogen) atoms. The van der Waals surface area contributed by atoms with E-state index in [1.807, 2.05) is 7.05 Å². The lowest BCUT2D eigenvalue weighted by molar-refractivity contribution is 0.305. The second kappa shape index (κ2) is 2.96. The average molecular weight is 179 g/mol. The summed E-state index contributed by atoms with van der Waals surface area (Å²) in [5.41, 5.74) is 1.94. The van der Waals surface area contributed by atoms with E-state index in [0.717, 1.165) is 30.8 Å².